The van der Waals surface area contributed by atoms with Crippen LogP contribution in [0.15, 0.2) is 0 Å². The first-order valence-electron chi connectivity index (χ1n) is 7.26. The molecule has 2 N–H and O–H groups in total. The summed E-state index contributed by atoms with van der Waals surface area (Å²) in [4.78, 5) is 25.5. The Morgan fingerprint density at radius 2 is 2.10 bits per heavy atom. The lowest BCUT2D eigenvalue weighted by atomic mass is 9.95. The summed E-state index contributed by atoms with van der Waals surface area (Å²) >= 11 is 0. The summed E-state index contributed by atoms with van der Waals surface area (Å²) in [6.07, 6.45) is 3.73. The van der Waals surface area contributed by atoms with Crippen molar-refractivity contribution >= 4 is 12.0 Å². The minimum Gasteiger partial charge on any atom is -0.480 e. The SMILES string of the molecule is COCC1CCCN(C(=O)NC(C)(C(=O)O)C2CC2)C1. The summed E-state index contributed by atoms with van der Waals surface area (Å²) in [6, 6.07) is -0.261. The van der Waals surface area contributed by atoms with Crippen molar-refractivity contribution in [3.05, 3.63) is 0 Å². The molecule has 0 spiro atoms. The predicted molar refractivity (Wildman–Crippen MR) is 73.5 cm³/mol. The lowest BCUT2D eigenvalue weighted by Gasteiger charge is -2.35. The molecule has 2 rings (SSSR count). The molecule has 2 amide bonds. The number of likely N-dealkylation sites (tertiary alicyclic amines) is 1. The summed E-state index contributed by atoms with van der Waals surface area (Å²) in [5.74, 6) is -0.543. The first-order chi connectivity index (χ1) is 9.47. The molecule has 2 atom stereocenters. The molecule has 2 fully saturated rings. The van der Waals surface area contributed by atoms with Gasteiger partial charge < -0.3 is 20.1 Å². The summed E-state index contributed by atoms with van der Waals surface area (Å²) < 4.78 is 5.14. The number of hydrogen-bond acceptors (Lipinski definition) is 3. The quantitative estimate of drug-likeness (QED) is 0.798. The number of carboxylic acid groups (broad SMARTS) is 1. The molecule has 114 valence electrons. The normalized spacial score (nSPS) is 25.9. The minimum absolute atomic E-state index is 0.0588. The zero-order valence-corrected chi connectivity index (χ0v) is 12.2. The Bertz CT molecular complexity index is 381. The number of aliphatic carboxylic acids is 1. The van der Waals surface area contributed by atoms with Gasteiger partial charge >= 0.3 is 12.0 Å². The Balaban J connectivity index is 1.94. The van der Waals surface area contributed by atoms with E-state index in [1.807, 2.05) is 0 Å². The Morgan fingerprint density at radius 3 is 2.65 bits per heavy atom. The molecule has 1 saturated heterocycles. The lowest BCUT2D eigenvalue weighted by Crippen LogP contribution is -2.58. The molecule has 0 bridgehead atoms. The van der Waals surface area contributed by atoms with Crippen molar-refractivity contribution in [3.63, 3.8) is 0 Å². The van der Waals surface area contributed by atoms with Gasteiger partial charge in [-0.1, -0.05) is 0 Å². The molecule has 20 heavy (non-hydrogen) atoms. The summed E-state index contributed by atoms with van der Waals surface area (Å²) in [7, 11) is 1.66. The molecule has 2 aliphatic rings. The number of nitrogens with one attached hydrogen (secondary N) is 1. The molecular weight excluding hydrogens is 260 g/mol. The van der Waals surface area contributed by atoms with Gasteiger partial charge in [-0.3, -0.25) is 0 Å². The van der Waals surface area contributed by atoms with Crippen LogP contribution in [0.2, 0.25) is 0 Å². The summed E-state index contributed by atoms with van der Waals surface area (Å²) in [5.41, 5.74) is -1.13. The van der Waals surface area contributed by atoms with Gasteiger partial charge in [0.15, 0.2) is 0 Å². The number of piperidine rings is 1. The van der Waals surface area contributed by atoms with Gasteiger partial charge in [0.25, 0.3) is 0 Å². The van der Waals surface area contributed by atoms with Crippen molar-refractivity contribution in [1.29, 1.82) is 0 Å². The van der Waals surface area contributed by atoms with Crippen molar-refractivity contribution in [1.82, 2.24) is 10.2 Å². The summed E-state index contributed by atoms with van der Waals surface area (Å²) in [6.45, 7) is 3.58. The van der Waals surface area contributed by atoms with E-state index in [0.29, 0.717) is 25.6 Å². The fourth-order valence-corrected chi connectivity index (χ4v) is 2.91. The molecule has 1 aliphatic heterocycles. The monoisotopic (exact) mass is 284 g/mol. The van der Waals surface area contributed by atoms with Crippen LogP contribution in [0.5, 0.6) is 0 Å². The lowest BCUT2D eigenvalue weighted by molar-refractivity contribution is -0.144. The molecule has 0 aromatic rings. The first-order valence-corrected chi connectivity index (χ1v) is 7.26. The maximum Gasteiger partial charge on any atom is 0.329 e. The van der Waals surface area contributed by atoms with Gasteiger partial charge in [0.2, 0.25) is 0 Å². The number of methoxy groups -OCH3 is 1. The molecule has 1 heterocycles. The number of carbonyl (C=O) groups is 2. The van der Waals surface area contributed by atoms with Crippen LogP contribution in [-0.4, -0.2) is 54.4 Å². The standard InChI is InChI=1S/C14H24N2O4/c1-14(12(17)18,11-5-6-11)15-13(19)16-7-3-4-10(8-16)9-20-2/h10-11H,3-9H2,1-2H3,(H,15,19)(H,17,18). The topological polar surface area (TPSA) is 78.9 Å². The van der Waals surface area contributed by atoms with E-state index in [-0.39, 0.29) is 11.9 Å². The van der Waals surface area contributed by atoms with Crippen LogP contribution >= 0.6 is 0 Å². The van der Waals surface area contributed by atoms with E-state index in [1.54, 1.807) is 18.9 Å². The van der Waals surface area contributed by atoms with Crippen LogP contribution in [0.25, 0.3) is 0 Å². The third-order valence-corrected chi connectivity index (χ3v) is 4.41. The largest absolute Gasteiger partial charge is 0.480 e. The smallest absolute Gasteiger partial charge is 0.329 e. The number of urea groups is 1. The highest BCUT2D eigenvalue weighted by atomic mass is 16.5. The van der Waals surface area contributed by atoms with Gasteiger partial charge in [-0.15, -0.1) is 0 Å². The van der Waals surface area contributed by atoms with E-state index in [0.717, 1.165) is 25.7 Å². The fourth-order valence-electron chi connectivity index (χ4n) is 2.91. The van der Waals surface area contributed by atoms with E-state index in [1.165, 1.54) is 0 Å². The number of nitrogens with zero attached hydrogens (tertiary/aromatic N) is 1. The predicted octanol–water partition coefficient (Wildman–Crippen LogP) is 1.31. The minimum atomic E-state index is -1.13. The Morgan fingerprint density at radius 1 is 1.40 bits per heavy atom. The number of rotatable bonds is 5. The summed E-state index contributed by atoms with van der Waals surface area (Å²) in [5, 5.41) is 12.1. The molecule has 1 aliphatic carbocycles. The zero-order valence-electron chi connectivity index (χ0n) is 12.2. The maximum absolute atomic E-state index is 12.3. The molecule has 1 saturated carbocycles. The molecule has 2 unspecified atom stereocenters. The van der Waals surface area contributed by atoms with Crippen molar-refractivity contribution in [3.8, 4) is 0 Å². The van der Waals surface area contributed by atoms with E-state index in [9.17, 15) is 14.7 Å². The fraction of sp³-hybridized carbons (Fsp3) is 0.857. The highest BCUT2D eigenvalue weighted by molar-refractivity contribution is 5.86. The van der Waals surface area contributed by atoms with Crippen LogP contribution < -0.4 is 5.32 Å². The molecule has 0 aromatic heterocycles. The van der Waals surface area contributed by atoms with Crippen LogP contribution in [0, 0.1) is 11.8 Å². The molecular formula is C14H24N2O4. The van der Waals surface area contributed by atoms with Crippen molar-refractivity contribution in [2.24, 2.45) is 11.8 Å². The third-order valence-electron chi connectivity index (χ3n) is 4.41. The number of carboxylic acids is 1. The van der Waals surface area contributed by atoms with Gasteiger partial charge in [0.1, 0.15) is 5.54 Å². The van der Waals surface area contributed by atoms with Crippen LogP contribution in [0.3, 0.4) is 0 Å². The van der Waals surface area contributed by atoms with Crippen molar-refractivity contribution < 1.29 is 19.4 Å². The Labute approximate surface area is 119 Å². The average molecular weight is 284 g/mol. The average Bonchev–Trinajstić information content (AvgIpc) is 3.23. The molecule has 0 aromatic carbocycles. The van der Waals surface area contributed by atoms with Crippen molar-refractivity contribution in [2.45, 2.75) is 38.1 Å². The highest BCUT2D eigenvalue weighted by Gasteiger charge is 2.49. The molecule has 6 nitrogen and oxygen atoms in total. The number of ether oxygens (including phenoxy) is 1. The second kappa shape index (κ2) is 5.99. The van der Waals surface area contributed by atoms with E-state index >= 15 is 0 Å². The highest BCUT2D eigenvalue weighted by Crippen LogP contribution is 2.39. The van der Waals surface area contributed by atoms with Gasteiger partial charge in [-0.2, -0.15) is 0 Å². The van der Waals surface area contributed by atoms with Gasteiger partial charge in [-0.25, -0.2) is 9.59 Å². The zero-order chi connectivity index (χ0) is 14.8. The van der Waals surface area contributed by atoms with E-state index in [2.05, 4.69) is 5.32 Å². The second-order valence-electron chi connectivity index (χ2n) is 6.12. The van der Waals surface area contributed by atoms with E-state index in [4.69, 9.17) is 4.74 Å². The number of carbonyl (C=O) groups excluding carboxylic acids is 1. The molecule has 0 radical (unpaired) electrons. The number of hydrogen-bond donors (Lipinski definition) is 2. The Kier molecular flexibility index (Phi) is 4.52. The van der Waals surface area contributed by atoms with Crippen LogP contribution in [-0.2, 0) is 9.53 Å². The number of amides is 2. The van der Waals surface area contributed by atoms with E-state index < -0.39 is 11.5 Å². The van der Waals surface area contributed by atoms with Gasteiger partial charge in [0.05, 0.1) is 6.61 Å². The van der Waals surface area contributed by atoms with Crippen LogP contribution in [0.1, 0.15) is 32.6 Å². The first kappa shape index (κ1) is 15.1. The maximum atomic E-state index is 12.3. The third kappa shape index (κ3) is 3.23. The van der Waals surface area contributed by atoms with Gasteiger partial charge in [0, 0.05) is 26.1 Å². The van der Waals surface area contributed by atoms with Crippen LogP contribution in [0.4, 0.5) is 4.79 Å². The molecule has 6 heteroatoms. The van der Waals surface area contributed by atoms with Crippen molar-refractivity contribution in [2.75, 3.05) is 26.8 Å². The Hall–Kier alpha value is -1.30. The van der Waals surface area contributed by atoms with Gasteiger partial charge in [-0.05, 0) is 38.5 Å². The second-order valence-corrected chi connectivity index (χ2v) is 6.12.